The van der Waals surface area contributed by atoms with Gasteiger partial charge in [0.1, 0.15) is 0 Å². The Balaban J connectivity index is 0.00000256. The Hall–Kier alpha value is -0.730. The highest BCUT2D eigenvalue weighted by Crippen LogP contribution is 2.53. The van der Waals surface area contributed by atoms with Crippen LogP contribution in [0.15, 0.2) is 24.3 Å². The molecule has 1 aliphatic heterocycles. The average molecular weight is 433 g/mol. The number of hydrogen-bond donors (Lipinski definition) is 0. The molecule has 2 saturated carbocycles. The molecule has 0 amide bonds. The van der Waals surface area contributed by atoms with E-state index < -0.39 is 0 Å². The molecule has 0 spiro atoms. The third-order valence-corrected chi connectivity index (χ3v) is 8.09. The van der Waals surface area contributed by atoms with Crippen LogP contribution < -0.4 is 4.90 Å². The fraction of sp³-hybridized carbons (Fsp3) is 0.778. The Morgan fingerprint density at radius 1 is 0.800 bits per heavy atom. The van der Waals surface area contributed by atoms with Crippen molar-refractivity contribution in [3.05, 3.63) is 29.8 Å². The summed E-state index contributed by atoms with van der Waals surface area (Å²) in [7, 11) is 0. The predicted octanol–water partition coefficient (Wildman–Crippen LogP) is 7.13. The van der Waals surface area contributed by atoms with E-state index in [1.54, 1.807) is 5.56 Å². The van der Waals surface area contributed by atoms with Crippen LogP contribution in [-0.2, 0) is 0 Å². The van der Waals surface area contributed by atoms with E-state index in [4.69, 9.17) is 0 Å². The molecule has 0 radical (unpaired) electrons. The number of nitrogens with zero attached hydrogens (tertiary/aromatic N) is 2. The quantitative estimate of drug-likeness (QED) is 0.501. The molecule has 0 aromatic heterocycles. The molecule has 2 aliphatic carbocycles. The predicted molar refractivity (Wildman–Crippen MR) is 133 cm³/mol. The van der Waals surface area contributed by atoms with E-state index in [-0.39, 0.29) is 12.4 Å². The number of benzene rings is 1. The third-order valence-electron chi connectivity index (χ3n) is 8.09. The van der Waals surface area contributed by atoms with Gasteiger partial charge in [-0.1, -0.05) is 52.8 Å². The fourth-order valence-corrected chi connectivity index (χ4v) is 7.12. The summed E-state index contributed by atoms with van der Waals surface area (Å²) >= 11 is 0. The SMILES string of the molecule is CC1CCC(N2CCN(c3ccccc3C3CC(C)(C)CC(C)(C)C3)CC2)CC1.Cl. The zero-order chi connectivity index (χ0) is 20.6. The van der Waals surface area contributed by atoms with Crippen LogP contribution in [0.2, 0.25) is 0 Å². The van der Waals surface area contributed by atoms with Gasteiger partial charge in [-0.25, -0.2) is 0 Å². The van der Waals surface area contributed by atoms with Crippen molar-refractivity contribution >= 4 is 18.1 Å². The van der Waals surface area contributed by atoms with Gasteiger partial charge in [-0.05, 0) is 79.2 Å². The summed E-state index contributed by atoms with van der Waals surface area (Å²) < 4.78 is 0. The maximum atomic E-state index is 2.80. The van der Waals surface area contributed by atoms with E-state index in [0.717, 1.165) is 12.0 Å². The molecule has 2 nitrogen and oxygen atoms in total. The van der Waals surface area contributed by atoms with Gasteiger partial charge in [0.25, 0.3) is 0 Å². The zero-order valence-electron chi connectivity index (χ0n) is 20.1. The second-order valence-electron chi connectivity index (χ2n) is 12.1. The van der Waals surface area contributed by atoms with Gasteiger partial charge in [-0.2, -0.15) is 0 Å². The lowest BCUT2D eigenvalue weighted by Crippen LogP contribution is -2.51. The standard InChI is InChI=1S/C27H44N2.ClH/c1-21-10-12-23(13-11-21)28-14-16-29(17-15-28)25-9-7-6-8-24(25)22-18-26(2,3)20-27(4,5)19-22;/h6-9,21-23H,10-20H2,1-5H3;1H. The van der Waals surface area contributed by atoms with Crippen molar-refractivity contribution in [1.82, 2.24) is 4.90 Å². The highest BCUT2D eigenvalue weighted by molar-refractivity contribution is 5.85. The number of halogens is 1. The van der Waals surface area contributed by atoms with E-state index in [2.05, 4.69) is 68.7 Å². The first-order valence-electron chi connectivity index (χ1n) is 12.3. The summed E-state index contributed by atoms with van der Waals surface area (Å²) in [5.74, 6) is 1.64. The smallest absolute Gasteiger partial charge is 0.0402 e. The Kier molecular flexibility index (Phi) is 7.50. The first-order valence-corrected chi connectivity index (χ1v) is 12.3. The molecule has 1 heterocycles. The van der Waals surface area contributed by atoms with E-state index >= 15 is 0 Å². The Morgan fingerprint density at radius 2 is 1.37 bits per heavy atom. The van der Waals surface area contributed by atoms with E-state index in [1.165, 1.54) is 76.8 Å². The molecule has 0 N–H and O–H groups in total. The Labute approximate surface area is 192 Å². The van der Waals surface area contributed by atoms with Gasteiger partial charge < -0.3 is 4.90 Å². The molecule has 1 saturated heterocycles. The maximum absolute atomic E-state index is 2.80. The van der Waals surface area contributed by atoms with Gasteiger partial charge in [0.15, 0.2) is 0 Å². The van der Waals surface area contributed by atoms with Crippen molar-refractivity contribution in [1.29, 1.82) is 0 Å². The summed E-state index contributed by atoms with van der Waals surface area (Å²) in [5.41, 5.74) is 4.03. The van der Waals surface area contributed by atoms with Gasteiger partial charge in [-0.3, -0.25) is 4.90 Å². The molecule has 3 aliphatic rings. The summed E-state index contributed by atoms with van der Waals surface area (Å²) in [4.78, 5) is 5.50. The number of piperazine rings is 1. The van der Waals surface area contributed by atoms with Crippen LogP contribution >= 0.6 is 12.4 Å². The lowest BCUT2D eigenvalue weighted by Gasteiger charge is -2.47. The van der Waals surface area contributed by atoms with Crippen LogP contribution in [0.3, 0.4) is 0 Å². The highest BCUT2D eigenvalue weighted by atomic mass is 35.5. The lowest BCUT2D eigenvalue weighted by atomic mass is 9.60. The van der Waals surface area contributed by atoms with Crippen molar-refractivity contribution < 1.29 is 0 Å². The molecule has 1 aromatic rings. The third kappa shape index (κ3) is 5.54. The number of anilines is 1. The minimum atomic E-state index is 0. The van der Waals surface area contributed by atoms with E-state index in [0.29, 0.717) is 16.7 Å². The molecule has 30 heavy (non-hydrogen) atoms. The Morgan fingerprint density at radius 3 is 1.97 bits per heavy atom. The Bertz CT molecular complexity index is 666. The van der Waals surface area contributed by atoms with Crippen molar-refractivity contribution in [3.63, 3.8) is 0 Å². The summed E-state index contributed by atoms with van der Waals surface area (Å²) in [6.45, 7) is 17.2. The lowest BCUT2D eigenvalue weighted by molar-refractivity contribution is 0.0968. The van der Waals surface area contributed by atoms with Gasteiger partial charge in [0.2, 0.25) is 0 Å². The van der Waals surface area contributed by atoms with Crippen molar-refractivity contribution in [2.24, 2.45) is 16.7 Å². The van der Waals surface area contributed by atoms with Crippen LogP contribution in [0, 0.1) is 16.7 Å². The fourth-order valence-electron chi connectivity index (χ4n) is 7.12. The number of para-hydroxylation sites is 1. The first-order chi connectivity index (χ1) is 13.7. The molecule has 0 atom stereocenters. The van der Waals surface area contributed by atoms with Crippen molar-refractivity contribution in [2.75, 3.05) is 31.1 Å². The monoisotopic (exact) mass is 432 g/mol. The summed E-state index contributed by atoms with van der Waals surface area (Å²) in [5, 5.41) is 0. The van der Waals surface area contributed by atoms with Gasteiger partial charge >= 0.3 is 0 Å². The molecule has 4 rings (SSSR count). The van der Waals surface area contributed by atoms with Gasteiger partial charge in [0.05, 0.1) is 0 Å². The molecule has 3 fully saturated rings. The minimum absolute atomic E-state index is 0. The largest absolute Gasteiger partial charge is 0.369 e. The average Bonchev–Trinajstić information content (AvgIpc) is 2.66. The molecule has 1 aromatic carbocycles. The maximum Gasteiger partial charge on any atom is 0.0402 e. The van der Waals surface area contributed by atoms with Crippen molar-refractivity contribution in [3.8, 4) is 0 Å². The zero-order valence-corrected chi connectivity index (χ0v) is 20.9. The van der Waals surface area contributed by atoms with Crippen molar-refractivity contribution in [2.45, 2.75) is 91.5 Å². The second-order valence-corrected chi connectivity index (χ2v) is 12.1. The van der Waals surface area contributed by atoms with Crippen LogP contribution in [0.4, 0.5) is 5.69 Å². The molecule has 0 bridgehead atoms. The molecular weight excluding hydrogens is 388 g/mol. The number of rotatable bonds is 3. The van der Waals surface area contributed by atoms with Gasteiger partial charge in [-0.15, -0.1) is 12.4 Å². The molecule has 0 unspecified atom stereocenters. The summed E-state index contributed by atoms with van der Waals surface area (Å²) in [6.07, 6.45) is 9.70. The first kappa shape index (κ1) is 23.9. The van der Waals surface area contributed by atoms with E-state index in [1.807, 2.05) is 0 Å². The number of hydrogen-bond acceptors (Lipinski definition) is 2. The molecule has 170 valence electrons. The molecule has 3 heteroatoms. The topological polar surface area (TPSA) is 6.48 Å². The van der Waals surface area contributed by atoms with E-state index in [9.17, 15) is 0 Å². The summed E-state index contributed by atoms with van der Waals surface area (Å²) in [6, 6.07) is 10.2. The minimum Gasteiger partial charge on any atom is -0.369 e. The van der Waals surface area contributed by atoms with Crippen LogP contribution in [0.5, 0.6) is 0 Å². The van der Waals surface area contributed by atoms with Crippen LogP contribution in [0.25, 0.3) is 0 Å². The normalized spacial score (nSPS) is 30.0. The molecular formula is C27H45ClN2. The van der Waals surface area contributed by atoms with Gasteiger partial charge in [0, 0.05) is 37.9 Å². The van der Waals surface area contributed by atoms with Crippen LogP contribution in [0.1, 0.15) is 91.0 Å². The van der Waals surface area contributed by atoms with Crippen LogP contribution in [-0.4, -0.2) is 37.1 Å². The highest BCUT2D eigenvalue weighted by Gasteiger charge is 2.40. The second kappa shape index (κ2) is 9.41.